The number of esters is 1. The Morgan fingerprint density at radius 1 is 1.19 bits per heavy atom. The van der Waals surface area contributed by atoms with Gasteiger partial charge in [0, 0.05) is 56.4 Å². The zero-order chi connectivity index (χ0) is 30.3. The monoisotopic (exact) mass is 577 g/mol. The maximum atomic E-state index is 13.3. The second-order valence-electron chi connectivity index (χ2n) is 11.8. The third-order valence-corrected chi connectivity index (χ3v) is 7.49. The highest BCUT2D eigenvalue weighted by Gasteiger charge is 2.36. The quantitative estimate of drug-likeness (QED) is 0.386. The van der Waals surface area contributed by atoms with Gasteiger partial charge in [-0.05, 0) is 51.0 Å². The summed E-state index contributed by atoms with van der Waals surface area (Å²) in [4.78, 5) is 56.9. The highest BCUT2D eigenvalue weighted by atomic mass is 16.6. The Balaban J connectivity index is 1.39. The van der Waals surface area contributed by atoms with E-state index in [1.165, 1.54) is 9.80 Å². The first kappa shape index (κ1) is 28.9. The van der Waals surface area contributed by atoms with Crippen molar-refractivity contribution in [1.82, 2.24) is 19.4 Å². The molecule has 2 atom stereocenters. The molecule has 3 aromatic rings. The lowest BCUT2D eigenvalue weighted by Gasteiger charge is -2.25. The maximum absolute atomic E-state index is 13.3. The number of pyridine rings is 1. The van der Waals surface area contributed by atoms with Crippen LogP contribution in [0.2, 0.25) is 0 Å². The lowest BCUT2D eigenvalue weighted by atomic mass is 10.0. The summed E-state index contributed by atoms with van der Waals surface area (Å²) in [6, 6.07) is 8.14. The zero-order valence-electron chi connectivity index (χ0n) is 24.1. The van der Waals surface area contributed by atoms with Crippen molar-refractivity contribution in [2.75, 3.05) is 13.1 Å². The number of amides is 3. The number of likely N-dealkylation sites (tertiary alicyclic amines) is 1. The first-order chi connectivity index (χ1) is 19.8. The van der Waals surface area contributed by atoms with Gasteiger partial charge in [0.25, 0.3) is 5.91 Å². The SMILES string of the molecule is Cn1ccc2c(OC3CCN(C(=O)O)C3)cc(-c3ccc4c(c3)CN(C(CCC(=O)OC(C)(C)C)C(N)=O)C4=O)nc21. The summed E-state index contributed by atoms with van der Waals surface area (Å²) < 4.78 is 13.5. The van der Waals surface area contributed by atoms with Gasteiger partial charge in [0.05, 0.1) is 17.6 Å². The van der Waals surface area contributed by atoms with Gasteiger partial charge in [-0.15, -0.1) is 0 Å². The molecule has 12 heteroatoms. The molecule has 4 heterocycles. The highest BCUT2D eigenvalue weighted by molar-refractivity contribution is 6.01. The van der Waals surface area contributed by atoms with Crippen LogP contribution in [0, 0.1) is 0 Å². The molecule has 1 saturated heterocycles. The van der Waals surface area contributed by atoms with Gasteiger partial charge in [-0.1, -0.05) is 6.07 Å². The van der Waals surface area contributed by atoms with Crippen LogP contribution >= 0.6 is 0 Å². The molecule has 2 aliphatic heterocycles. The van der Waals surface area contributed by atoms with E-state index in [-0.39, 0.29) is 37.9 Å². The molecule has 12 nitrogen and oxygen atoms in total. The maximum Gasteiger partial charge on any atom is 0.407 e. The number of nitrogens with two attached hydrogens (primary N) is 1. The number of aromatic nitrogens is 2. The Hall–Kier alpha value is -4.61. The smallest absolute Gasteiger partial charge is 0.407 e. The highest BCUT2D eigenvalue weighted by Crippen LogP contribution is 2.35. The van der Waals surface area contributed by atoms with Gasteiger partial charge in [0.2, 0.25) is 5.91 Å². The Morgan fingerprint density at radius 3 is 2.62 bits per heavy atom. The molecule has 2 aromatic heterocycles. The van der Waals surface area contributed by atoms with E-state index in [0.717, 1.165) is 10.9 Å². The Bertz CT molecular complexity index is 1570. The molecule has 2 aliphatic rings. The molecule has 1 fully saturated rings. The summed E-state index contributed by atoms with van der Waals surface area (Å²) in [6.45, 7) is 6.14. The lowest BCUT2D eigenvalue weighted by Crippen LogP contribution is -2.45. The molecule has 222 valence electrons. The summed E-state index contributed by atoms with van der Waals surface area (Å²) in [5.41, 5.74) is 8.25. The fourth-order valence-electron chi connectivity index (χ4n) is 5.48. The average molecular weight is 578 g/mol. The zero-order valence-corrected chi connectivity index (χ0v) is 24.1. The van der Waals surface area contributed by atoms with E-state index >= 15 is 0 Å². The van der Waals surface area contributed by atoms with Gasteiger partial charge in [0.1, 0.15) is 29.1 Å². The molecule has 0 bridgehead atoms. The summed E-state index contributed by atoms with van der Waals surface area (Å²) in [5.74, 6) is -0.884. The molecule has 0 spiro atoms. The predicted molar refractivity (Wildman–Crippen MR) is 153 cm³/mol. The fraction of sp³-hybridized carbons (Fsp3) is 0.433. The van der Waals surface area contributed by atoms with Crippen LogP contribution in [0.5, 0.6) is 5.75 Å². The van der Waals surface area contributed by atoms with Crippen LogP contribution in [0.25, 0.3) is 22.3 Å². The van der Waals surface area contributed by atoms with Crippen LogP contribution in [-0.4, -0.2) is 79.2 Å². The molecule has 1 aromatic carbocycles. The van der Waals surface area contributed by atoms with Crippen molar-refractivity contribution < 1.29 is 33.8 Å². The van der Waals surface area contributed by atoms with Crippen molar-refractivity contribution >= 4 is 34.9 Å². The molecule has 5 rings (SSSR count). The van der Waals surface area contributed by atoms with Crippen LogP contribution in [0.1, 0.15) is 56.0 Å². The number of aryl methyl sites for hydroxylation is 1. The number of carboxylic acid groups (broad SMARTS) is 1. The Morgan fingerprint density at radius 2 is 1.95 bits per heavy atom. The van der Waals surface area contributed by atoms with Crippen molar-refractivity contribution in [2.24, 2.45) is 12.8 Å². The molecule has 0 aliphatic carbocycles. The minimum absolute atomic E-state index is 0.0507. The number of carbonyl (C=O) groups is 4. The summed E-state index contributed by atoms with van der Waals surface area (Å²) in [5, 5.41) is 10.1. The van der Waals surface area contributed by atoms with E-state index in [2.05, 4.69) is 0 Å². The number of primary amides is 1. The summed E-state index contributed by atoms with van der Waals surface area (Å²) in [7, 11) is 1.88. The first-order valence-corrected chi connectivity index (χ1v) is 13.9. The van der Waals surface area contributed by atoms with Gasteiger partial charge >= 0.3 is 12.1 Å². The predicted octanol–water partition coefficient (Wildman–Crippen LogP) is 3.30. The molecule has 2 unspecified atom stereocenters. The number of fused-ring (bicyclic) bond motifs is 2. The van der Waals surface area contributed by atoms with Crippen LogP contribution < -0.4 is 10.5 Å². The number of nitrogens with zero attached hydrogens (tertiary/aromatic N) is 4. The molecule has 3 amide bonds. The van der Waals surface area contributed by atoms with Crippen LogP contribution in [0.3, 0.4) is 0 Å². The number of ether oxygens (including phenoxy) is 2. The van der Waals surface area contributed by atoms with Crippen LogP contribution in [-0.2, 0) is 27.9 Å². The molecule has 0 radical (unpaired) electrons. The molecule has 3 N–H and O–H groups in total. The number of hydrogen-bond donors (Lipinski definition) is 2. The molecular formula is C30H35N5O7. The van der Waals surface area contributed by atoms with Crippen LogP contribution in [0.15, 0.2) is 36.5 Å². The largest absolute Gasteiger partial charge is 0.488 e. The Kier molecular flexibility index (Phi) is 7.56. The molecular weight excluding hydrogens is 542 g/mol. The fourth-order valence-corrected chi connectivity index (χ4v) is 5.48. The summed E-state index contributed by atoms with van der Waals surface area (Å²) in [6.07, 6.45) is 1.23. The van der Waals surface area contributed by atoms with Gasteiger partial charge < -0.3 is 34.7 Å². The van der Waals surface area contributed by atoms with Gasteiger partial charge in [-0.2, -0.15) is 0 Å². The number of rotatable bonds is 8. The van der Waals surface area contributed by atoms with Crippen molar-refractivity contribution in [3.05, 3.63) is 47.7 Å². The van der Waals surface area contributed by atoms with E-state index in [0.29, 0.717) is 41.2 Å². The third-order valence-electron chi connectivity index (χ3n) is 7.49. The van der Waals surface area contributed by atoms with E-state index in [9.17, 15) is 24.3 Å². The second kappa shape index (κ2) is 11.0. The number of carbonyl (C=O) groups excluding carboxylic acids is 3. The Labute approximate surface area is 243 Å². The van der Waals surface area contributed by atoms with E-state index in [1.807, 2.05) is 36.0 Å². The van der Waals surface area contributed by atoms with Gasteiger partial charge in [-0.25, -0.2) is 9.78 Å². The number of hydrogen-bond acceptors (Lipinski definition) is 7. The van der Waals surface area contributed by atoms with E-state index in [1.54, 1.807) is 32.9 Å². The number of benzene rings is 1. The summed E-state index contributed by atoms with van der Waals surface area (Å²) >= 11 is 0. The van der Waals surface area contributed by atoms with Crippen LogP contribution in [0.4, 0.5) is 4.79 Å². The van der Waals surface area contributed by atoms with Gasteiger partial charge in [0.15, 0.2) is 0 Å². The lowest BCUT2D eigenvalue weighted by molar-refractivity contribution is -0.155. The first-order valence-electron chi connectivity index (χ1n) is 13.9. The normalized spacial score (nSPS) is 17.4. The second-order valence-corrected chi connectivity index (χ2v) is 11.8. The average Bonchev–Trinajstić information content (AvgIpc) is 3.61. The van der Waals surface area contributed by atoms with E-state index < -0.39 is 29.6 Å². The third kappa shape index (κ3) is 5.88. The molecule has 42 heavy (non-hydrogen) atoms. The van der Waals surface area contributed by atoms with Crippen molar-refractivity contribution in [2.45, 2.75) is 64.3 Å². The molecule has 0 saturated carbocycles. The van der Waals surface area contributed by atoms with E-state index in [4.69, 9.17) is 20.2 Å². The van der Waals surface area contributed by atoms with Crippen molar-refractivity contribution in [1.29, 1.82) is 0 Å². The van der Waals surface area contributed by atoms with Gasteiger partial charge in [-0.3, -0.25) is 14.4 Å². The topological polar surface area (TPSA) is 157 Å². The minimum atomic E-state index is -0.966. The van der Waals surface area contributed by atoms with Crippen molar-refractivity contribution in [3.8, 4) is 17.0 Å². The van der Waals surface area contributed by atoms with Crippen molar-refractivity contribution in [3.63, 3.8) is 0 Å². The minimum Gasteiger partial charge on any atom is -0.488 e. The standard InChI is InChI=1S/C30H35N5O7/c1-30(2,3)42-25(36)8-7-23(26(31)37)35-15-18-13-17(5-6-20(18)28(35)38)22-14-24(21-10-11-33(4)27(21)32-22)41-19-9-12-34(16-19)29(39)40/h5-6,10-11,13-14,19,23H,7-9,12,15-16H2,1-4H3,(H2,31,37)(H,39,40).